The summed E-state index contributed by atoms with van der Waals surface area (Å²) in [7, 11) is 1.54. The molecule has 1 aliphatic carbocycles. The van der Waals surface area contributed by atoms with E-state index in [9.17, 15) is 0 Å². The summed E-state index contributed by atoms with van der Waals surface area (Å²) in [5.41, 5.74) is 5.51. The molecule has 96 valence electrons. The van der Waals surface area contributed by atoms with Gasteiger partial charge in [-0.3, -0.25) is 10.2 Å². The molecule has 3 N–H and O–H groups in total. The maximum atomic E-state index is 7.50. The van der Waals surface area contributed by atoms with E-state index in [0.29, 0.717) is 6.54 Å². The summed E-state index contributed by atoms with van der Waals surface area (Å²) in [5, 5.41) is 8.94. The van der Waals surface area contributed by atoms with Crippen LogP contribution in [-0.2, 0) is 4.84 Å². The summed E-state index contributed by atoms with van der Waals surface area (Å²) in [6, 6.07) is 0. The van der Waals surface area contributed by atoms with Gasteiger partial charge in [0.25, 0.3) is 0 Å². The molecule has 1 aliphatic rings. The van der Waals surface area contributed by atoms with Crippen molar-refractivity contribution >= 4 is 5.96 Å². The largest absolute Gasteiger partial charge is 0.368 e. The zero-order valence-corrected chi connectivity index (χ0v) is 11.2. The molecule has 0 saturated carbocycles. The first-order chi connectivity index (χ1) is 7.82. The molecular weight excluding hydrogens is 214 g/mol. The Morgan fingerprint density at radius 3 is 2.47 bits per heavy atom. The molecule has 0 fully saturated rings. The lowest BCUT2D eigenvalue weighted by Crippen LogP contribution is -2.48. The molecule has 4 nitrogen and oxygen atoms in total. The Balaban J connectivity index is 2.97. The number of guanidine groups is 1. The first-order valence-corrected chi connectivity index (χ1v) is 5.82. The van der Waals surface area contributed by atoms with Crippen molar-refractivity contribution in [2.24, 2.45) is 16.6 Å². The Hall–Kier alpha value is -1.29. The van der Waals surface area contributed by atoms with Crippen LogP contribution in [0.3, 0.4) is 0 Å². The molecule has 0 saturated heterocycles. The molecule has 0 amide bonds. The minimum Gasteiger partial charge on any atom is -0.368 e. The number of hydrogen-bond acceptors (Lipinski definition) is 2. The molecule has 1 unspecified atom stereocenters. The Kier molecular flexibility index (Phi) is 3.98. The van der Waals surface area contributed by atoms with Crippen LogP contribution in [0.2, 0.25) is 0 Å². The second kappa shape index (κ2) is 4.92. The van der Waals surface area contributed by atoms with Crippen LogP contribution in [-0.4, -0.2) is 24.7 Å². The zero-order chi connectivity index (χ0) is 13.1. The molecule has 1 rings (SSSR count). The van der Waals surface area contributed by atoms with E-state index >= 15 is 0 Å². The Bertz CT molecular complexity index is 341. The standard InChI is InChI=1S/C13H23N3O/c1-12(2,3)13(8-6-5-7-9-13)10-16(17-4)11(14)15/h5-8H,9-10H2,1-4H3,(H3,14,15). The molecule has 0 aromatic heterocycles. The van der Waals surface area contributed by atoms with Gasteiger partial charge in [-0.25, -0.2) is 5.06 Å². The lowest BCUT2D eigenvalue weighted by atomic mass is 9.63. The molecule has 17 heavy (non-hydrogen) atoms. The van der Waals surface area contributed by atoms with Crippen LogP contribution in [0.1, 0.15) is 27.2 Å². The second-order valence-electron chi connectivity index (χ2n) is 5.50. The highest BCUT2D eigenvalue weighted by Gasteiger charge is 2.41. The number of rotatable bonds is 3. The fourth-order valence-electron chi connectivity index (χ4n) is 2.08. The summed E-state index contributed by atoms with van der Waals surface area (Å²) in [6.07, 6.45) is 9.39. The fraction of sp³-hybridized carbons (Fsp3) is 0.615. The normalized spacial score (nSPS) is 23.8. The maximum absolute atomic E-state index is 7.50. The van der Waals surface area contributed by atoms with E-state index in [0.717, 1.165) is 6.42 Å². The van der Waals surface area contributed by atoms with E-state index in [4.69, 9.17) is 16.0 Å². The van der Waals surface area contributed by atoms with Gasteiger partial charge in [0.1, 0.15) is 0 Å². The number of nitrogens with zero attached hydrogens (tertiary/aromatic N) is 1. The zero-order valence-electron chi connectivity index (χ0n) is 11.2. The summed E-state index contributed by atoms with van der Waals surface area (Å²) in [4.78, 5) is 5.16. The SMILES string of the molecule is CON(CC1(C(C)(C)C)C=CC=CC1)C(=N)N. The Morgan fingerprint density at radius 1 is 1.47 bits per heavy atom. The fourth-order valence-corrected chi connectivity index (χ4v) is 2.08. The van der Waals surface area contributed by atoms with Crippen molar-refractivity contribution in [1.82, 2.24) is 5.06 Å². The molecule has 0 bridgehead atoms. The molecule has 0 aliphatic heterocycles. The second-order valence-corrected chi connectivity index (χ2v) is 5.50. The first kappa shape index (κ1) is 13.8. The molecule has 0 radical (unpaired) electrons. The third kappa shape index (κ3) is 2.88. The third-order valence-corrected chi connectivity index (χ3v) is 3.55. The summed E-state index contributed by atoms with van der Waals surface area (Å²) in [5.74, 6) is -0.0564. The summed E-state index contributed by atoms with van der Waals surface area (Å²) >= 11 is 0. The van der Waals surface area contributed by atoms with Gasteiger partial charge in [-0.05, 0) is 11.8 Å². The van der Waals surface area contributed by atoms with Crippen molar-refractivity contribution in [3.05, 3.63) is 24.3 Å². The maximum Gasteiger partial charge on any atom is 0.212 e. The number of allylic oxidation sites excluding steroid dienone is 3. The van der Waals surface area contributed by atoms with Gasteiger partial charge in [-0.15, -0.1) is 0 Å². The van der Waals surface area contributed by atoms with E-state index < -0.39 is 0 Å². The topological polar surface area (TPSA) is 62.3 Å². The van der Waals surface area contributed by atoms with Gasteiger partial charge in [0, 0.05) is 5.41 Å². The minimum absolute atomic E-state index is 0.0564. The molecule has 0 spiro atoms. The Morgan fingerprint density at radius 2 is 2.12 bits per heavy atom. The van der Waals surface area contributed by atoms with E-state index in [1.807, 2.05) is 0 Å². The van der Waals surface area contributed by atoms with Crippen LogP contribution in [0, 0.1) is 16.2 Å². The highest BCUT2D eigenvalue weighted by Crippen LogP contribution is 2.45. The quantitative estimate of drug-likeness (QED) is 0.450. The van der Waals surface area contributed by atoms with Gasteiger partial charge in [0.15, 0.2) is 0 Å². The van der Waals surface area contributed by atoms with Crippen LogP contribution >= 0.6 is 0 Å². The number of hydroxylamine groups is 2. The number of hydrogen-bond donors (Lipinski definition) is 2. The molecule has 0 heterocycles. The predicted octanol–water partition coefficient (Wildman–Crippen LogP) is 2.29. The molecule has 4 heteroatoms. The van der Waals surface area contributed by atoms with Gasteiger partial charge >= 0.3 is 0 Å². The van der Waals surface area contributed by atoms with Gasteiger partial charge in [0.05, 0.1) is 13.7 Å². The lowest BCUT2D eigenvalue weighted by molar-refractivity contribution is -0.100. The van der Waals surface area contributed by atoms with E-state index in [1.165, 1.54) is 5.06 Å². The monoisotopic (exact) mass is 237 g/mol. The van der Waals surface area contributed by atoms with Gasteiger partial charge in [-0.2, -0.15) is 0 Å². The molecule has 1 atom stereocenters. The first-order valence-electron chi connectivity index (χ1n) is 5.82. The van der Waals surface area contributed by atoms with Crippen LogP contribution in [0.25, 0.3) is 0 Å². The van der Waals surface area contributed by atoms with Crippen LogP contribution in [0.15, 0.2) is 24.3 Å². The number of nitrogens with two attached hydrogens (primary N) is 1. The van der Waals surface area contributed by atoms with Crippen molar-refractivity contribution in [2.45, 2.75) is 27.2 Å². The van der Waals surface area contributed by atoms with Crippen molar-refractivity contribution in [1.29, 1.82) is 5.41 Å². The van der Waals surface area contributed by atoms with Crippen LogP contribution in [0.4, 0.5) is 0 Å². The van der Waals surface area contributed by atoms with Crippen molar-refractivity contribution in [2.75, 3.05) is 13.7 Å². The summed E-state index contributed by atoms with van der Waals surface area (Å²) < 4.78 is 0. The van der Waals surface area contributed by atoms with Crippen LogP contribution < -0.4 is 5.73 Å². The average molecular weight is 237 g/mol. The minimum atomic E-state index is -0.0660. The molecule has 0 aromatic rings. The average Bonchev–Trinajstić information content (AvgIpc) is 2.25. The van der Waals surface area contributed by atoms with Crippen LogP contribution in [0.5, 0.6) is 0 Å². The predicted molar refractivity (Wildman–Crippen MR) is 70.4 cm³/mol. The van der Waals surface area contributed by atoms with E-state index in [1.54, 1.807) is 7.11 Å². The smallest absolute Gasteiger partial charge is 0.212 e. The molecular formula is C13H23N3O. The Labute approximate surface area is 104 Å². The van der Waals surface area contributed by atoms with Crippen molar-refractivity contribution < 1.29 is 4.84 Å². The van der Waals surface area contributed by atoms with Crippen molar-refractivity contribution in [3.63, 3.8) is 0 Å². The third-order valence-electron chi connectivity index (χ3n) is 3.55. The van der Waals surface area contributed by atoms with E-state index in [2.05, 4.69) is 45.1 Å². The summed E-state index contributed by atoms with van der Waals surface area (Å²) in [6.45, 7) is 7.18. The lowest BCUT2D eigenvalue weighted by Gasteiger charge is -2.45. The molecule has 0 aromatic carbocycles. The van der Waals surface area contributed by atoms with Crippen molar-refractivity contribution in [3.8, 4) is 0 Å². The highest BCUT2D eigenvalue weighted by atomic mass is 16.7. The van der Waals surface area contributed by atoms with Gasteiger partial charge in [-0.1, -0.05) is 45.1 Å². The van der Waals surface area contributed by atoms with E-state index in [-0.39, 0.29) is 16.8 Å². The highest BCUT2D eigenvalue weighted by molar-refractivity contribution is 5.73. The van der Waals surface area contributed by atoms with Gasteiger partial charge < -0.3 is 5.73 Å². The number of nitrogens with one attached hydrogen (secondary N) is 1. The van der Waals surface area contributed by atoms with Gasteiger partial charge in [0.2, 0.25) is 5.96 Å².